The number of hydrogen-bond donors (Lipinski definition) is 0. The third-order valence-corrected chi connectivity index (χ3v) is 5.63. The van der Waals surface area contributed by atoms with Gasteiger partial charge in [0.05, 0.1) is 10.2 Å². The molecule has 1 heterocycles. The lowest BCUT2D eigenvalue weighted by molar-refractivity contribution is -0.129. The molecule has 1 aliphatic heterocycles. The molecule has 0 amide bonds. The van der Waals surface area contributed by atoms with Gasteiger partial charge in [-0.3, -0.25) is 0 Å². The summed E-state index contributed by atoms with van der Waals surface area (Å²) in [5.41, 5.74) is 2.74. The Labute approximate surface area is 204 Å². The van der Waals surface area contributed by atoms with Crippen LogP contribution in [0.25, 0.3) is 6.08 Å². The van der Waals surface area contributed by atoms with Crippen molar-refractivity contribution in [1.82, 2.24) is 0 Å². The summed E-state index contributed by atoms with van der Waals surface area (Å²) in [6.45, 7) is 2.77. The van der Waals surface area contributed by atoms with Crippen molar-refractivity contribution in [1.29, 1.82) is 0 Å². The SMILES string of the molecule is CCOc1cc(/C=C2\N=C(c3ccccc3)OC2=O)cc(I)c1OCc1ccc(Cl)cc1. The number of ether oxygens (including phenoxy) is 3. The summed E-state index contributed by atoms with van der Waals surface area (Å²) in [6, 6.07) is 20.6. The number of cyclic esters (lactones) is 1. The van der Waals surface area contributed by atoms with E-state index >= 15 is 0 Å². The highest BCUT2D eigenvalue weighted by atomic mass is 127. The number of benzene rings is 3. The van der Waals surface area contributed by atoms with Gasteiger partial charge in [-0.2, -0.15) is 0 Å². The number of esters is 1. The Balaban J connectivity index is 1.60. The number of halogens is 2. The van der Waals surface area contributed by atoms with Gasteiger partial charge in [-0.25, -0.2) is 9.79 Å². The normalized spacial score (nSPS) is 14.3. The fourth-order valence-electron chi connectivity index (χ4n) is 3.08. The highest BCUT2D eigenvalue weighted by molar-refractivity contribution is 14.1. The minimum absolute atomic E-state index is 0.233. The third kappa shape index (κ3) is 5.31. The molecule has 7 heteroatoms. The molecule has 0 radical (unpaired) electrons. The van der Waals surface area contributed by atoms with E-state index in [0.717, 1.165) is 20.3 Å². The van der Waals surface area contributed by atoms with Crippen LogP contribution in [-0.2, 0) is 16.1 Å². The van der Waals surface area contributed by atoms with Crippen molar-refractivity contribution >= 4 is 52.1 Å². The number of nitrogens with zero attached hydrogens (tertiary/aromatic N) is 1. The minimum Gasteiger partial charge on any atom is -0.490 e. The van der Waals surface area contributed by atoms with Gasteiger partial charge in [-0.05, 0) is 83.1 Å². The maximum atomic E-state index is 12.3. The molecule has 162 valence electrons. The van der Waals surface area contributed by atoms with E-state index < -0.39 is 5.97 Å². The Hall–Kier alpha value is -2.84. The van der Waals surface area contributed by atoms with Gasteiger partial charge in [0, 0.05) is 10.6 Å². The van der Waals surface area contributed by atoms with Gasteiger partial charge in [-0.1, -0.05) is 41.9 Å². The monoisotopic (exact) mass is 559 g/mol. The second-order valence-corrected chi connectivity index (χ2v) is 8.48. The molecule has 0 aliphatic carbocycles. The first-order chi connectivity index (χ1) is 15.5. The van der Waals surface area contributed by atoms with Crippen LogP contribution >= 0.6 is 34.2 Å². The lowest BCUT2D eigenvalue weighted by Crippen LogP contribution is -2.05. The smallest absolute Gasteiger partial charge is 0.363 e. The van der Waals surface area contributed by atoms with Crippen LogP contribution in [0.5, 0.6) is 11.5 Å². The Kier molecular flexibility index (Phi) is 7.12. The Morgan fingerprint density at radius 2 is 1.81 bits per heavy atom. The molecule has 3 aromatic carbocycles. The summed E-state index contributed by atoms with van der Waals surface area (Å²) in [7, 11) is 0. The van der Waals surface area contributed by atoms with Crippen molar-refractivity contribution in [3.8, 4) is 11.5 Å². The number of hydrogen-bond acceptors (Lipinski definition) is 5. The molecule has 0 bridgehead atoms. The number of carbonyl (C=O) groups excluding carboxylic acids is 1. The van der Waals surface area contributed by atoms with Gasteiger partial charge < -0.3 is 14.2 Å². The van der Waals surface area contributed by atoms with Crippen LogP contribution in [0.1, 0.15) is 23.6 Å². The zero-order chi connectivity index (χ0) is 22.5. The van der Waals surface area contributed by atoms with E-state index in [0.29, 0.717) is 35.6 Å². The van der Waals surface area contributed by atoms with E-state index in [1.807, 2.05) is 73.7 Å². The van der Waals surface area contributed by atoms with Crippen LogP contribution in [0.4, 0.5) is 0 Å². The third-order valence-electron chi connectivity index (χ3n) is 4.57. The van der Waals surface area contributed by atoms with Gasteiger partial charge in [0.25, 0.3) is 0 Å². The Morgan fingerprint density at radius 3 is 2.53 bits per heavy atom. The first-order valence-electron chi connectivity index (χ1n) is 9.95. The first-order valence-corrected chi connectivity index (χ1v) is 11.4. The Morgan fingerprint density at radius 1 is 1.06 bits per heavy atom. The summed E-state index contributed by atoms with van der Waals surface area (Å²) >= 11 is 8.15. The van der Waals surface area contributed by atoms with Crippen LogP contribution in [-0.4, -0.2) is 18.5 Å². The van der Waals surface area contributed by atoms with Gasteiger partial charge in [0.2, 0.25) is 5.90 Å². The minimum atomic E-state index is -0.486. The maximum absolute atomic E-state index is 12.3. The molecular formula is C25H19ClINO4. The van der Waals surface area contributed by atoms with Crippen LogP contribution in [0.3, 0.4) is 0 Å². The van der Waals surface area contributed by atoms with Crippen LogP contribution in [0.15, 0.2) is 77.4 Å². The molecule has 0 atom stereocenters. The first kappa shape index (κ1) is 22.4. The average Bonchev–Trinajstić information content (AvgIpc) is 3.15. The summed E-state index contributed by atoms with van der Waals surface area (Å²) in [5.74, 6) is 1.05. The van der Waals surface area contributed by atoms with Crippen LogP contribution in [0.2, 0.25) is 5.02 Å². The molecule has 3 aromatic rings. The van der Waals surface area contributed by atoms with E-state index in [9.17, 15) is 4.79 Å². The van der Waals surface area contributed by atoms with Crippen molar-refractivity contribution in [3.63, 3.8) is 0 Å². The maximum Gasteiger partial charge on any atom is 0.363 e. The molecule has 0 saturated carbocycles. The Bertz CT molecular complexity index is 1190. The van der Waals surface area contributed by atoms with E-state index in [2.05, 4.69) is 27.6 Å². The lowest BCUT2D eigenvalue weighted by Gasteiger charge is -2.15. The van der Waals surface area contributed by atoms with Crippen molar-refractivity contribution in [2.24, 2.45) is 4.99 Å². The van der Waals surface area contributed by atoms with Gasteiger partial charge in [0.15, 0.2) is 17.2 Å². The molecule has 4 rings (SSSR count). The van der Waals surface area contributed by atoms with Crippen LogP contribution < -0.4 is 9.47 Å². The molecule has 0 spiro atoms. The molecular weight excluding hydrogens is 541 g/mol. The second kappa shape index (κ2) is 10.2. The molecule has 0 unspecified atom stereocenters. The van der Waals surface area contributed by atoms with Crippen molar-refractivity contribution in [3.05, 3.63) is 97.7 Å². The van der Waals surface area contributed by atoms with E-state index in [1.54, 1.807) is 6.08 Å². The molecule has 0 aromatic heterocycles. The van der Waals surface area contributed by atoms with Crippen molar-refractivity contribution < 1.29 is 19.0 Å². The second-order valence-electron chi connectivity index (χ2n) is 6.88. The summed E-state index contributed by atoms with van der Waals surface area (Å²) in [6.07, 6.45) is 1.69. The van der Waals surface area contributed by atoms with Gasteiger partial charge in [0.1, 0.15) is 6.61 Å². The fraction of sp³-hybridized carbons (Fsp3) is 0.120. The van der Waals surface area contributed by atoms with Crippen molar-refractivity contribution in [2.45, 2.75) is 13.5 Å². The van der Waals surface area contributed by atoms with Gasteiger partial charge >= 0.3 is 5.97 Å². The van der Waals surface area contributed by atoms with Crippen LogP contribution in [0, 0.1) is 3.57 Å². The predicted octanol–water partition coefficient (Wildman–Crippen LogP) is 6.27. The predicted molar refractivity (Wildman–Crippen MR) is 133 cm³/mol. The lowest BCUT2D eigenvalue weighted by atomic mass is 10.1. The molecule has 0 N–H and O–H groups in total. The number of aliphatic imine (C=N–C) groups is 1. The van der Waals surface area contributed by atoms with Crippen molar-refractivity contribution in [2.75, 3.05) is 6.61 Å². The average molecular weight is 560 g/mol. The molecule has 0 saturated heterocycles. The summed E-state index contributed by atoms with van der Waals surface area (Å²) < 4.78 is 18.1. The fourth-order valence-corrected chi connectivity index (χ4v) is 3.99. The largest absolute Gasteiger partial charge is 0.490 e. The highest BCUT2D eigenvalue weighted by Gasteiger charge is 2.24. The summed E-state index contributed by atoms with van der Waals surface area (Å²) in [5, 5.41) is 0.680. The summed E-state index contributed by atoms with van der Waals surface area (Å²) in [4.78, 5) is 16.7. The van der Waals surface area contributed by atoms with E-state index in [1.165, 1.54) is 0 Å². The van der Waals surface area contributed by atoms with Gasteiger partial charge in [-0.15, -0.1) is 0 Å². The standard InChI is InChI=1S/C25H19ClINO4/c1-2-30-22-14-17(12-20(27)23(22)31-15-16-8-10-19(26)11-9-16)13-21-25(29)32-24(28-21)18-6-4-3-5-7-18/h3-14H,2,15H2,1H3/b21-13-. The number of carbonyl (C=O) groups is 1. The number of rotatable bonds is 7. The zero-order valence-electron chi connectivity index (χ0n) is 17.2. The van der Waals surface area contributed by atoms with E-state index in [4.69, 9.17) is 25.8 Å². The quantitative estimate of drug-likeness (QED) is 0.195. The molecule has 32 heavy (non-hydrogen) atoms. The molecule has 0 fully saturated rings. The zero-order valence-corrected chi connectivity index (χ0v) is 20.1. The molecule has 1 aliphatic rings. The van der Waals surface area contributed by atoms with E-state index in [-0.39, 0.29) is 5.70 Å². The molecule has 5 nitrogen and oxygen atoms in total. The topological polar surface area (TPSA) is 57.1 Å². The highest BCUT2D eigenvalue weighted by Crippen LogP contribution is 2.36.